The van der Waals surface area contributed by atoms with E-state index in [9.17, 15) is 8.42 Å². The van der Waals surface area contributed by atoms with E-state index in [1.807, 2.05) is 30.3 Å². The second-order valence-electron chi connectivity index (χ2n) is 8.77. The zero-order valence-corrected chi connectivity index (χ0v) is 20.4. The number of anilines is 2. The van der Waals surface area contributed by atoms with Gasteiger partial charge in [-0.2, -0.15) is 4.98 Å². The van der Waals surface area contributed by atoms with Gasteiger partial charge in [0.15, 0.2) is 0 Å². The number of methoxy groups -OCH3 is 1. The van der Waals surface area contributed by atoms with Gasteiger partial charge in [0.25, 0.3) is 0 Å². The van der Waals surface area contributed by atoms with E-state index < -0.39 is 10.0 Å². The van der Waals surface area contributed by atoms with Crippen molar-refractivity contribution in [3.05, 3.63) is 54.6 Å². The first-order chi connectivity index (χ1) is 16.5. The Hall–Kier alpha value is -2.75. The number of hydrogen-bond acceptors (Lipinski definition) is 7. The van der Waals surface area contributed by atoms with Gasteiger partial charge in [-0.25, -0.2) is 18.1 Å². The SMILES string of the molecule is COCCNc1nc(NCC2CCC(CNS(=O)(=O)c3ccccc3)CC2)nc2ccccc12. The Morgan fingerprint density at radius 2 is 1.56 bits per heavy atom. The molecule has 0 bridgehead atoms. The van der Waals surface area contributed by atoms with Crippen molar-refractivity contribution >= 4 is 32.7 Å². The van der Waals surface area contributed by atoms with Crippen LogP contribution in [0.25, 0.3) is 10.9 Å². The lowest BCUT2D eigenvalue weighted by atomic mass is 9.82. The van der Waals surface area contributed by atoms with E-state index in [-0.39, 0.29) is 0 Å². The molecule has 1 heterocycles. The Bertz CT molecular complexity index is 1170. The van der Waals surface area contributed by atoms with Crippen molar-refractivity contribution in [2.45, 2.75) is 30.6 Å². The van der Waals surface area contributed by atoms with Crippen molar-refractivity contribution < 1.29 is 13.2 Å². The van der Waals surface area contributed by atoms with Gasteiger partial charge in [0.1, 0.15) is 5.82 Å². The third kappa shape index (κ3) is 6.43. The summed E-state index contributed by atoms with van der Waals surface area (Å²) in [5, 5.41) is 7.75. The van der Waals surface area contributed by atoms with Crippen LogP contribution >= 0.6 is 0 Å². The van der Waals surface area contributed by atoms with Crippen LogP contribution in [0, 0.1) is 11.8 Å². The van der Waals surface area contributed by atoms with Gasteiger partial charge in [-0.3, -0.25) is 0 Å². The summed E-state index contributed by atoms with van der Waals surface area (Å²) in [5.41, 5.74) is 0.898. The van der Waals surface area contributed by atoms with Crippen molar-refractivity contribution in [2.75, 3.05) is 44.0 Å². The maximum absolute atomic E-state index is 12.5. The number of sulfonamides is 1. The standard InChI is InChI=1S/C25H33N5O3S/c1-33-16-15-26-24-22-9-5-6-10-23(22)29-25(30-24)27-17-19-11-13-20(14-12-19)18-28-34(31,32)21-7-3-2-4-8-21/h2-10,19-20,28H,11-18H2,1H3,(H2,26,27,29,30). The van der Waals surface area contributed by atoms with E-state index in [0.29, 0.717) is 42.4 Å². The largest absolute Gasteiger partial charge is 0.383 e. The molecule has 0 spiro atoms. The van der Waals surface area contributed by atoms with E-state index in [0.717, 1.165) is 48.9 Å². The summed E-state index contributed by atoms with van der Waals surface area (Å²) in [5.74, 6) is 2.31. The Morgan fingerprint density at radius 3 is 2.29 bits per heavy atom. The van der Waals surface area contributed by atoms with E-state index >= 15 is 0 Å². The summed E-state index contributed by atoms with van der Waals surface area (Å²) in [6, 6.07) is 16.5. The molecule has 0 unspecified atom stereocenters. The zero-order chi connectivity index (χ0) is 23.8. The van der Waals surface area contributed by atoms with Crippen molar-refractivity contribution in [3.63, 3.8) is 0 Å². The smallest absolute Gasteiger partial charge is 0.240 e. The summed E-state index contributed by atoms with van der Waals surface area (Å²) >= 11 is 0. The summed E-state index contributed by atoms with van der Waals surface area (Å²) in [4.78, 5) is 9.69. The molecule has 2 aromatic carbocycles. The monoisotopic (exact) mass is 483 g/mol. The quantitative estimate of drug-likeness (QED) is 0.355. The summed E-state index contributed by atoms with van der Waals surface area (Å²) in [6.45, 7) is 2.57. The molecule has 4 rings (SSSR count). The van der Waals surface area contributed by atoms with Crippen LogP contribution in [0.2, 0.25) is 0 Å². The number of para-hydroxylation sites is 1. The molecule has 3 N–H and O–H groups in total. The summed E-state index contributed by atoms with van der Waals surface area (Å²) < 4.78 is 32.8. The van der Waals surface area contributed by atoms with Gasteiger partial charge in [0.05, 0.1) is 17.0 Å². The minimum absolute atomic E-state index is 0.319. The number of aromatic nitrogens is 2. The highest BCUT2D eigenvalue weighted by molar-refractivity contribution is 7.89. The number of benzene rings is 2. The lowest BCUT2D eigenvalue weighted by Crippen LogP contribution is -2.32. The molecular weight excluding hydrogens is 450 g/mol. The van der Waals surface area contributed by atoms with Crippen LogP contribution in [0.5, 0.6) is 0 Å². The topological polar surface area (TPSA) is 105 Å². The van der Waals surface area contributed by atoms with E-state index in [4.69, 9.17) is 9.72 Å². The van der Waals surface area contributed by atoms with Gasteiger partial charge in [0, 0.05) is 32.1 Å². The second-order valence-corrected chi connectivity index (χ2v) is 10.5. The van der Waals surface area contributed by atoms with Gasteiger partial charge in [-0.15, -0.1) is 0 Å². The maximum atomic E-state index is 12.5. The Labute approximate surface area is 201 Å². The van der Waals surface area contributed by atoms with Crippen LogP contribution in [0.1, 0.15) is 25.7 Å². The first-order valence-corrected chi connectivity index (χ1v) is 13.3. The van der Waals surface area contributed by atoms with Crippen LogP contribution < -0.4 is 15.4 Å². The molecule has 0 saturated heterocycles. The molecule has 0 aliphatic heterocycles. The molecule has 0 radical (unpaired) electrons. The lowest BCUT2D eigenvalue weighted by Gasteiger charge is -2.28. The molecule has 182 valence electrons. The predicted octanol–water partition coefficient (Wildman–Crippen LogP) is 3.88. The highest BCUT2D eigenvalue weighted by Gasteiger charge is 2.23. The zero-order valence-electron chi connectivity index (χ0n) is 19.5. The number of nitrogens with zero attached hydrogens (tertiary/aromatic N) is 2. The van der Waals surface area contributed by atoms with Gasteiger partial charge in [-0.1, -0.05) is 30.3 Å². The van der Waals surface area contributed by atoms with Crippen LogP contribution in [0.15, 0.2) is 59.5 Å². The van der Waals surface area contributed by atoms with Gasteiger partial charge in [0.2, 0.25) is 16.0 Å². The van der Waals surface area contributed by atoms with Gasteiger partial charge in [-0.05, 0) is 61.8 Å². The van der Waals surface area contributed by atoms with E-state index in [2.05, 4.69) is 20.3 Å². The normalized spacial score (nSPS) is 18.6. The van der Waals surface area contributed by atoms with Crippen LogP contribution in [0.4, 0.5) is 11.8 Å². The average Bonchev–Trinajstić information content (AvgIpc) is 2.87. The van der Waals surface area contributed by atoms with Gasteiger partial charge >= 0.3 is 0 Å². The van der Waals surface area contributed by atoms with Crippen molar-refractivity contribution in [1.29, 1.82) is 0 Å². The minimum Gasteiger partial charge on any atom is -0.383 e. The molecule has 8 nitrogen and oxygen atoms in total. The molecule has 0 amide bonds. The first kappa shape index (κ1) is 24.4. The minimum atomic E-state index is -3.44. The number of hydrogen-bond donors (Lipinski definition) is 3. The molecule has 3 aromatic rings. The molecule has 0 atom stereocenters. The van der Waals surface area contributed by atoms with Crippen molar-refractivity contribution in [3.8, 4) is 0 Å². The summed E-state index contributed by atoms with van der Waals surface area (Å²) in [6.07, 6.45) is 4.12. The molecule has 1 saturated carbocycles. The number of ether oxygens (including phenoxy) is 1. The average molecular weight is 484 g/mol. The van der Waals surface area contributed by atoms with Crippen molar-refractivity contribution in [1.82, 2.24) is 14.7 Å². The van der Waals surface area contributed by atoms with Crippen molar-refractivity contribution in [2.24, 2.45) is 11.8 Å². The number of fused-ring (bicyclic) bond motifs is 1. The fraction of sp³-hybridized carbons (Fsp3) is 0.440. The fourth-order valence-corrected chi connectivity index (χ4v) is 5.49. The molecule has 1 aliphatic carbocycles. The molecule has 1 fully saturated rings. The first-order valence-electron chi connectivity index (χ1n) is 11.8. The highest BCUT2D eigenvalue weighted by atomic mass is 32.2. The predicted molar refractivity (Wildman–Crippen MR) is 135 cm³/mol. The highest BCUT2D eigenvalue weighted by Crippen LogP contribution is 2.29. The molecule has 1 aromatic heterocycles. The second kappa shape index (κ2) is 11.6. The summed E-state index contributed by atoms with van der Waals surface area (Å²) in [7, 11) is -1.76. The van der Waals surface area contributed by atoms with E-state index in [1.165, 1.54) is 0 Å². The Morgan fingerprint density at radius 1 is 0.882 bits per heavy atom. The Kier molecular flexibility index (Phi) is 8.31. The van der Waals surface area contributed by atoms with Crippen LogP contribution in [-0.4, -0.2) is 51.7 Å². The number of rotatable bonds is 11. The van der Waals surface area contributed by atoms with Crippen LogP contribution in [-0.2, 0) is 14.8 Å². The number of nitrogens with one attached hydrogen (secondary N) is 3. The Balaban J connectivity index is 1.28. The van der Waals surface area contributed by atoms with E-state index in [1.54, 1.807) is 31.4 Å². The third-order valence-electron chi connectivity index (χ3n) is 6.33. The molecule has 1 aliphatic rings. The maximum Gasteiger partial charge on any atom is 0.240 e. The van der Waals surface area contributed by atoms with Crippen LogP contribution in [0.3, 0.4) is 0 Å². The lowest BCUT2D eigenvalue weighted by molar-refractivity contribution is 0.210. The molecule has 9 heteroatoms. The third-order valence-corrected chi connectivity index (χ3v) is 7.77. The molecular formula is C25H33N5O3S. The fourth-order valence-electron chi connectivity index (χ4n) is 4.35. The van der Waals surface area contributed by atoms with Gasteiger partial charge < -0.3 is 15.4 Å². The molecule has 34 heavy (non-hydrogen) atoms.